The molecule has 0 aromatic carbocycles. The van der Waals surface area contributed by atoms with E-state index >= 15 is 0 Å². The Bertz CT molecular complexity index is 564. The van der Waals surface area contributed by atoms with Crippen molar-refractivity contribution in [1.29, 1.82) is 0 Å². The number of hydrogen-bond donors (Lipinski definition) is 2. The zero-order valence-corrected chi connectivity index (χ0v) is 19.1. The van der Waals surface area contributed by atoms with E-state index in [0.29, 0.717) is 13.0 Å². The van der Waals surface area contributed by atoms with Crippen LogP contribution in [0.5, 0.6) is 0 Å². The van der Waals surface area contributed by atoms with E-state index in [0.717, 1.165) is 12.8 Å². The summed E-state index contributed by atoms with van der Waals surface area (Å²) in [5.41, 5.74) is -2.36. The number of carbonyl (C=O) groups excluding carboxylic acids is 3. The minimum atomic E-state index is -1.10. The van der Waals surface area contributed by atoms with E-state index in [1.54, 1.807) is 60.3 Å². The maximum atomic E-state index is 13.2. The van der Waals surface area contributed by atoms with E-state index in [9.17, 15) is 19.5 Å². The highest BCUT2D eigenvalue weighted by molar-refractivity contribution is 5.90. The summed E-state index contributed by atoms with van der Waals surface area (Å²) in [6.07, 6.45) is 1.06. The predicted molar refractivity (Wildman–Crippen MR) is 109 cm³/mol. The molecule has 0 spiro atoms. The lowest BCUT2D eigenvalue weighted by atomic mass is 10.0. The first-order valence-corrected chi connectivity index (χ1v) is 10.2. The van der Waals surface area contributed by atoms with Crippen LogP contribution in [0.3, 0.4) is 0 Å². The quantitative estimate of drug-likeness (QED) is 0.592. The number of nitrogens with one attached hydrogen (secondary N) is 1. The Hall–Kier alpha value is -1.83. The van der Waals surface area contributed by atoms with Crippen molar-refractivity contribution < 1.29 is 29.0 Å². The predicted octanol–water partition coefficient (Wildman–Crippen LogP) is 2.76. The van der Waals surface area contributed by atoms with Crippen molar-refractivity contribution in [3.05, 3.63) is 0 Å². The molecule has 29 heavy (non-hydrogen) atoms. The van der Waals surface area contributed by atoms with Gasteiger partial charge in [-0.1, -0.05) is 0 Å². The Morgan fingerprint density at radius 1 is 1.00 bits per heavy atom. The second kappa shape index (κ2) is 9.32. The average Bonchev–Trinajstić information content (AvgIpc) is 3.25. The molecule has 0 bridgehead atoms. The van der Waals surface area contributed by atoms with Gasteiger partial charge in [0.05, 0.1) is 12.0 Å². The first kappa shape index (κ1) is 25.2. The van der Waals surface area contributed by atoms with E-state index in [1.807, 2.05) is 0 Å². The number of amides is 2. The van der Waals surface area contributed by atoms with Gasteiger partial charge >= 0.3 is 12.1 Å². The fourth-order valence-electron chi connectivity index (χ4n) is 2.65. The molecule has 168 valence electrons. The number of carbonyl (C=O) groups is 3. The highest BCUT2D eigenvalue weighted by atomic mass is 16.6. The number of nitrogens with zero attached hydrogens (tertiary/aromatic N) is 1. The largest absolute Gasteiger partial charge is 0.460 e. The zero-order valence-electron chi connectivity index (χ0n) is 19.1. The topological polar surface area (TPSA) is 105 Å². The lowest BCUT2D eigenvalue weighted by Crippen LogP contribution is -2.52. The molecule has 1 saturated carbocycles. The molecule has 0 heterocycles. The van der Waals surface area contributed by atoms with Crippen molar-refractivity contribution in [2.45, 2.75) is 110 Å². The maximum absolute atomic E-state index is 13.2. The van der Waals surface area contributed by atoms with Crippen LogP contribution in [0.2, 0.25) is 0 Å². The monoisotopic (exact) mass is 414 g/mol. The molecule has 8 heteroatoms. The average molecular weight is 415 g/mol. The van der Waals surface area contributed by atoms with Crippen LogP contribution in [0.25, 0.3) is 0 Å². The Morgan fingerprint density at radius 2 is 1.52 bits per heavy atom. The molecule has 2 amide bonds. The molecular formula is C21H38N2O6. The van der Waals surface area contributed by atoms with Crippen LogP contribution in [0, 0.1) is 0 Å². The minimum Gasteiger partial charge on any atom is -0.460 e. The molecular weight excluding hydrogens is 376 g/mol. The summed E-state index contributed by atoms with van der Waals surface area (Å²) < 4.78 is 10.6. The van der Waals surface area contributed by atoms with Gasteiger partial charge in [-0.3, -0.25) is 9.59 Å². The summed E-state index contributed by atoms with van der Waals surface area (Å²) >= 11 is 0. The highest BCUT2D eigenvalue weighted by Gasteiger charge is 2.38. The summed E-state index contributed by atoms with van der Waals surface area (Å²) in [5.74, 6) is -0.946. The third kappa shape index (κ3) is 11.1. The fraction of sp³-hybridized carbons (Fsp3) is 0.857. The van der Waals surface area contributed by atoms with Gasteiger partial charge in [0, 0.05) is 12.6 Å². The molecule has 0 radical (unpaired) electrons. The van der Waals surface area contributed by atoms with Crippen LogP contribution in [-0.2, 0) is 19.1 Å². The Balaban J connectivity index is 2.95. The van der Waals surface area contributed by atoms with Gasteiger partial charge in [0.1, 0.15) is 17.2 Å². The standard InChI is InChI=1S/C21H38N2O6/c1-19(2,3)28-16(24)13-15(22-18(26)29-20(4,5)6)17(25)23(14-9-10-14)12-11-21(7,8)27/h14-15,27H,9-13H2,1-8H3,(H,22,26)/t15-/m0/s1. The SMILES string of the molecule is CC(C)(O)CCN(C(=O)[C@H](CC(=O)OC(C)(C)C)NC(=O)OC(C)(C)C)C1CC1. The van der Waals surface area contributed by atoms with E-state index in [1.165, 1.54) is 0 Å². The van der Waals surface area contributed by atoms with Gasteiger partial charge in [-0.25, -0.2) is 4.79 Å². The van der Waals surface area contributed by atoms with Crippen LogP contribution >= 0.6 is 0 Å². The third-order valence-corrected chi connectivity index (χ3v) is 4.02. The second-order valence-electron chi connectivity index (χ2n) is 10.3. The first-order valence-electron chi connectivity index (χ1n) is 10.2. The molecule has 1 aliphatic rings. The molecule has 0 aromatic rings. The smallest absolute Gasteiger partial charge is 0.408 e. The number of esters is 1. The summed E-state index contributed by atoms with van der Waals surface area (Å²) in [4.78, 5) is 39.5. The number of alkyl carbamates (subject to hydrolysis) is 1. The van der Waals surface area contributed by atoms with Crippen LogP contribution in [0.1, 0.15) is 81.1 Å². The molecule has 2 N–H and O–H groups in total. The summed E-state index contributed by atoms with van der Waals surface area (Å²) in [7, 11) is 0. The van der Waals surface area contributed by atoms with E-state index in [4.69, 9.17) is 9.47 Å². The van der Waals surface area contributed by atoms with Crippen molar-refractivity contribution in [3.63, 3.8) is 0 Å². The lowest BCUT2D eigenvalue weighted by molar-refractivity contribution is -0.157. The second-order valence-corrected chi connectivity index (χ2v) is 10.3. The van der Waals surface area contributed by atoms with Gasteiger partial charge in [0.2, 0.25) is 5.91 Å². The minimum absolute atomic E-state index is 0.0615. The summed E-state index contributed by atoms with van der Waals surface area (Å²) in [6.45, 7) is 14.1. The normalized spacial score (nSPS) is 16.0. The molecule has 1 atom stereocenters. The Labute approximate surface area is 174 Å². The van der Waals surface area contributed by atoms with Crippen molar-refractivity contribution in [3.8, 4) is 0 Å². The van der Waals surface area contributed by atoms with Crippen LogP contribution in [0.4, 0.5) is 4.79 Å². The van der Waals surface area contributed by atoms with Crippen molar-refractivity contribution in [2.75, 3.05) is 6.54 Å². The molecule has 1 fully saturated rings. The molecule has 0 saturated heterocycles. The third-order valence-electron chi connectivity index (χ3n) is 4.02. The Morgan fingerprint density at radius 3 is 1.93 bits per heavy atom. The zero-order chi connectivity index (χ0) is 22.6. The molecule has 0 unspecified atom stereocenters. The van der Waals surface area contributed by atoms with Crippen molar-refractivity contribution in [2.24, 2.45) is 0 Å². The maximum Gasteiger partial charge on any atom is 0.408 e. The highest BCUT2D eigenvalue weighted by Crippen LogP contribution is 2.29. The molecule has 1 aliphatic carbocycles. The van der Waals surface area contributed by atoms with Crippen LogP contribution < -0.4 is 5.32 Å². The van der Waals surface area contributed by atoms with Gasteiger partial charge < -0.3 is 24.8 Å². The van der Waals surface area contributed by atoms with E-state index < -0.39 is 34.9 Å². The molecule has 8 nitrogen and oxygen atoms in total. The van der Waals surface area contributed by atoms with Crippen LogP contribution in [0.15, 0.2) is 0 Å². The van der Waals surface area contributed by atoms with Gasteiger partial charge in [0.25, 0.3) is 0 Å². The molecule has 0 aromatic heterocycles. The fourth-order valence-corrected chi connectivity index (χ4v) is 2.65. The number of ether oxygens (including phenoxy) is 2. The number of aliphatic hydroxyl groups is 1. The first-order chi connectivity index (χ1) is 13.0. The van der Waals surface area contributed by atoms with Crippen molar-refractivity contribution >= 4 is 18.0 Å². The number of hydrogen-bond acceptors (Lipinski definition) is 6. The lowest BCUT2D eigenvalue weighted by Gasteiger charge is -2.31. The van der Waals surface area contributed by atoms with Crippen LogP contribution in [-0.4, -0.2) is 63.4 Å². The van der Waals surface area contributed by atoms with E-state index in [-0.39, 0.29) is 18.4 Å². The Kier molecular flexibility index (Phi) is 8.10. The van der Waals surface area contributed by atoms with E-state index in [2.05, 4.69) is 5.32 Å². The molecule has 0 aliphatic heterocycles. The summed E-state index contributed by atoms with van der Waals surface area (Å²) in [5, 5.41) is 12.6. The van der Waals surface area contributed by atoms with Crippen molar-refractivity contribution in [1.82, 2.24) is 10.2 Å². The van der Waals surface area contributed by atoms with Gasteiger partial charge in [-0.2, -0.15) is 0 Å². The number of rotatable bonds is 8. The van der Waals surface area contributed by atoms with Gasteiger partial charge in [-0.15, -0.1) is 0 Å². The van der Waals surface area contributed by atoms with Gasteiger partial charge in [0.15, 0.2) is 0 Å². The molecule has 1 rings (SSSR count). The van der Waals surface area contributed by atoms with Gasteiger partial charge in [-0.05, 0) is 74.7 Å². The summed E-state index contributed by atoms with van der Waals surface area (Å²) in [6, 6.07) is -1.03.